The lowest BCUT2D eigenvalue weighted by atomic mass is 10.2. The van der Waals surface area contributed by atoms with Crippen LogP contribution in [-0.4, -0.2) is 23.8 Å². The molecule has 0 aliphatic heterocycles. The highest BCUT2D eigenvalue weighted by Gasteiger charge is 2.08. The van der Waals surface area contributed by atoms with Crippen LogP contribution < -0.4 is 10.8 Å². The van der Waals surface area contributed by atoms with Crippen molar-refractivity contribution in [3.05, 3.63) is 35.9 Å². The second-order valence-corrected chi connectivity index (χ2v) is 3.64. The van der Waals surface area contributed by atoms with E-state index in [9.17, 15) is 4.79 Å². The first-order valence-corrected chi connectivity index (χ1v) is 5.59. The van der Waals surface area contributed by atoms with E-state index in [1.165, 1.54) is 0 Å². The van der Waals surface area contributed by atoms with Gasteiger partial charge in [-0.15, -0.1) is 0 Å². The maximum atomic E-state index is 11.3. The van der Waals surface area contributed by atoms with Crippen molar-refractivity contribution in [3.8, 4) is 0 Å². The van der Waals surface area contributed by atoms with Gasteiger partial charge in [-0.2, -0.15) is 0 Å². The van der Waals surface area contributed by atoms with Crippen LogP contribution in [0.4, 0.5) is 4.79 Å². The molecule has 1 atom stereocenters. The summed E-state index contributed by atoms with van der Waals surface area (Å²) in [7, 11) is 0. The van der Waals surface area contributed by atoms with E-state index in [2.05, 4.69) is 10.8 Å². The zero-order chi connectivity index (χ0) is 12.5. The van der Waals surface area contributed by atoms with Gasteiger partial charge in [0.25, 0.3) is 0 Å². The van der Waals surface area contributed by atoms with Crippen molar-refractivity contribution < 1.29 is 14.7 Å². The number of benzene rings is 1. The van der Waals surface area contributed by atoms with E-state index in [1.54, 1.807) is 0 Å². The van der Waals surface area contributed by atoms with Crippen molar-refractivity contribution in [2.75, 3.05) is 6.61 Å². The lowest BCUT2D eigenvalue weighted by Gasteiger charge is -2.14. The van der Waals surface area contributed by atoms with Crippen LogP contribution >= 0.6 is 0 Å². The van der Waals surface area contributed by atoms with Gasteiger partial charge < -0.3 is 10.4 Å². The highest BCUT2D eigenvalue weighted by Crippen LogP contribution is 1.98. The average Bonchev–Trinajstić information content (AvgIpc) is 2.37. The Labute approximate surface area is 101 Å². The maximum absolute atomic E-state index is 11.3. The number of rotatable bonds is 6. The topological polar surface area (TPSA) is 70.6 Å². The quantitative estimate of drug-likeness (QED) is 0.652. The summed E-state index contributed by atoms with van der Waals surface area (Å²) in [4.78, 5) is 16.3. The Morgan fingerprint density at radius 1 is 1.41 bits per heavy atom. The second-order valence-electron chi connectivity index (χ2n) is 3.64. The summed E-state index contributed by atoms with van der Waals surface area (Å²) in [6.07, 6.45) is 0.669. The van der Waals surface area contributed by atoms with Gasteiger partial charge in [-0.3, -0.25) is 4.84 Å². The van der Waals surface area contributed by atoms with Crippen molar-refractivity contribution in [1.29, 1.82) is 0 Å². The summed E-state index contributed by atoms with van der Waals surface area (Å²) in [5, 5.41) is 11.5. The highest BCUT2D eigenvalue weighted by molar-refractivity contribution is 5.72. The lowest BCUT2D eigenvalue weighted by Crippen LogP contribution is -2.43. The Balaban J connectivity index is 2.20. The van der Waals surface area contributed by atoms with E-state index in [0.717, 1.165) is 5.56 Å². The Morgan fingerprint density at radius 3 is 2.71 bits per heavy atom. The van der Waals surface area contributed by atoms with E-state index in [1.807, 2.05) is 37.3 Å². The molecule has 1 aromatic carbocycles. The summed E-state index contributed by atoms with van der Waals surface area (Å²) in [6.45, 7) is 2.11. The molecular weight excluding hydrogens is 220 g/mol. The third kappa shape index (κ3) is 5.33. The standard InChI is InChI=1S/C12H18N2O3/c1-2-11(8-15)13-12(16)14-17-9-10-6-4-3-5-7-10/h3-7,11,15H,2,8-9H2,1H3,(H2,13,14,16). The molecule has 5 nitrogen and oxygen atoms in total. The van der Waals surface area contributed by atoms with Gasteiger partial charge in [0.1, 0.15) is 0 Å². The minimum Gasteiger partial charge on any atom is -0.394 e. The first-order chi connectivity index (χ1) is 8.26. The smallest absolute Gasteiger partial charge is 0.339 e. The number of hydroxylamine groups is 1. The Bertz CT molecular complexity index is 326. The first kappa shape index (κ1) is 13.5. The van der Waals surface area contributed by atoms with Crippen LogP contribution in [0.3, 0.4) is 0 Å². The van der Waals surface area contributed by atoms with Crippen LogP contribution in [-0.2, 0) is 11.4 Å². The van der Waals surface area contributed by atoms with E-state index in [-0.39, 0.29) is 12.6 Å². The molecule has 1 rings (SSSR count). The van der Waals surface area contributed by atoms with Crippen LogP contribution in [0.1, 0.15) is 18.9 Å². The summed E-state index contributed by atoms with van der Waals surface area (Å²) in [5.41, 5.74) is 3.24. The predicted octanol–water partition coefficient (Wildman–Crippen LogP) is 1.19. The van der Waals surface area contributed by atoms with Crippen molar-refractivity contribution in [2.24, 2.45) is 0 Å². The fourth-order valence-corrected chi connectivity index (χ4v) is 1.25. The molecule has 0 heterocycles. The fraction of sp³-hybridized carbons (Fsp3) is 0.417. The van der Waals surface area contributed by atoms with Crippen molar-refractivity contribution >= 4 is 6.03 Å². The molecule has 0 fully saturated rings. The number of hydrogen-bond donors (Lipinski definition) is 3. The molecule has 94 valence electrons. The molecule has 0 spiro atoms. The number of urea groups is 1. The van der Waals surface area contributed by atoms with Gasteiger partial charge in [0.15, 0.2) is 0 Å². The molecule has 3 N–H and O–H groups in total. The summed E-state index contributed by atoms with van der Waals surface area (Å²) in [5.74, 6) is 0. The molecule has 1 unspecified atom stereocenters. The number of carbonyl (C=O) groups is 1. The fourth-order valence-electron chi connectivity index (χ4n) is 1.25. The number of aliphatic hydroxyl groups excluding tert-OH is 1. The van der Waals surface area contributed by atoms with E-state index >= 15 is 0 Å². The van der Waals surface area contributed by atoms with Crippen molar-refractivity contribution in [1.82, 2.24) is 10.8 Å². The Hall–Kier alpha value is -1.59. The Morgan fingerprint density at radius 2 is 2.12 bits per heavy atom. The van der Waals surface area contributed by atoms with E-state index in [0.29, 0.717) is 13.0 Å². The van der Waals surface area contributed by atoms with Gasteiger partial charge in [-0.1, -0.05) is 37.3 Å². The molecule has 1 aromatic rings. The SMILES string of the molecule is CCC(CO)NC(=O)NOCc1ccccc1. The van der Waals surface area contributed by atoms with Gasteiger partial charge in [-0.05, 0) is 12.0 Å². The van der Waals surface area contributed by atoms with Crippen LogP contribution in [0.2, 0.25) is 0 Å². The Kier molecular flexibility index (Phi) is 6.06. The summed E-state index contributed by atoms with van der Waals surface area (Å²) in [6, 6.07) is 8.84. The first-order valence-electron chi connectivity index (χ1n) is 5.59. The predicted molar refractivity (Wildman–Crippen MR) is 64.1 cm³/mol. The second kappa shape index (κ2) is 7.65. The van der Waals surface area contributed by atoms with Gasteiger partial charge in [-0.25, -0.2) is 10.3 Å². The summed E-state index contributed by atoms with van der Waals surface area (Å²) >= 11 is 0. The van der Waals surface area contributed by atoms with Gasteiger partial charge >= 0.3 is 6.03 Å². The number of aliphatic hydroxyl groups is 1. The van der Waals surface area contributed by atoms with E-state index in [4.69, 9.17) is 9.94 Å². The third-order valence-electron chi connectivity index (χ3n) is 2.29. The van der Waals surface area contributed by atoms with Crippen molar-refractivity contribution in [2.45, 2.75) is 26.0 Å². The zero-order valence-corrected chi connectivity index (χ0v) is 9.85. The molecule has 17 heavy (non-hydrogen) atoms. The maximum Gasteiger partial charge on any atom is 0.339 e. The van der Waals surface area contributed by atoms with E-state index < -0.39 is 6.03 Å². The summed E-state index contributed by atoms with van der Waals surface area (Å²) < 4.78 is 0. The molecule has 0 aliphatic carbocycles. The van der Waals surface area contributed by atoms with Crippen LogP contribution in [0.5, 0.6) is 0 Å². The third-order valence-corrected chi connectivity index (χ3v) is 2.29. The molecule has 0 aliphatic rings. The largest absolute Gasteiger partial charge is 0.394 e. The van der Waals surface area contributed by atoms with Crippen molar-refractivity contribution in [3.63, 3.8) is 0 Å². The van der Waals surface area contributed by atoms with Crippen LogP contribution in [0.15, 0.2) is 30.3 Å². The minimum atomic E-state index is -0.443. The van der Waals surface area contributed by atoms with Gasteiger partial charge in [0, 0.05) is 0 Å². The molecule has 0 saturated carbocycles. The van der Waals surface area contributed by atoms with Crippen LogP contribution in [0, 0.1) is 0 Å². The molecule has 5 heteroatoms. The van der Waals surface area contributed by atoms with Crippen LogP contribution in [0.25, 0.3) is 0 Å². The number of hydrogen-bond acceptors (Lipinski definition) is 3. The molecular formula is C12H18N2O3. The molecule has 2 amide bonds. The monoisotopic (exact) mass is 238 g/mol. The molecule has 0 radical (unpaired) electrons. The number of carbonyl (C=O) groups excluding carboxylic acids is 1. The normalized spacial score (nSPS) is 11.9. The minimum absolute atomic E-state index is 0.0807. The van der Waals surface area contributed by atoms with Gasteiger partial charge in [0.2, 0.25) is 0 Å². The number of nitrogens with one attached hydrogen (secondary N) is 2. The van der Waals surface area contributed by atoms with Gasteiger partial charge in [0.05, 0.1) is 19.3 Å². The molecule has 0 bridgehead atoms. The lowest BCUT2D eigenvalue weighted by molar-refractivity contribution is 0.0472. The number of amides is 2. The average molecular weight is 238 g/mol. The molecule has 0 aromatic heterocycles. The molecule has 0 saturated heterocycles. The zero-order valence-electron chi connectivity index (χ0n) is 9.85. The highest BCUT2D eigenvalue weighted by atomic mass is 16.7.